The molecule has 0 saturated heterocycles. The first-order valence-electron chi connectivity index (χ1n) is 6.17. The van der Waals surface area contributed by atoms with E-state index in [9.17, 15) is 9.59 Å². The summed E-state index contributed by atoms with van der Waals surface area (Å²) < 4.78 is 0. The molecule has 0 saturated carbocycles. The van der Waals surface area contributed by atoms with E-state index in [0.29, 0.717) is 11.1 Å². The maximum Gasteiger partial charge on any atom is 0.248 e. The molecule has 4 nitrogen and oxygen atoms in total. The van der Waals surface area contributed by atoms with Crippen LogP contribution in [-0.2, 0) is 9.59 Å². The zero-order valence-corrected chi connectivity index (χ0v) is 12.1. The highest BCUT2D eigenvalue weighted by Gasteiger charge is 2.10. The van der Waals surface area contributed by atoms with Gasteiger partial charge in [-0.3, -0.25) is 9.59 Å². The van der Waals surface area contributed by atoms with E-state index in [1.54, 1.807) is 13.8 Å². The van der Waals surface area contributed by atoms with Crippen LogP contribution in [0.5, 0.6) is 0 Å². The molecule has 2 amide bonds. The molecule has 0 heterocycles. The number of nitrogens with two attached hydrogens (primary N) is 1. The van der Waals surface area contributed by atoms with Crippen molar-refractivity contribution in [3.8, 4) is 0 Å². The first kappa shape index (κ1) is 18.8. The third-order valence-electron chi connectivity index (χ3n) is 2.06. The van der Waals surface area contributed by atoms with Crippen molar-refractivity contribution in [2.75, 3.05) is 13.1 Å². The highest BCUT2D eigenvalue weighted by Crippen LogP contribution is 2.01. The Morgan fingerprint density at radius 2 is 1.33 bits per heavy atom. The second kappa shape index (κ2) is 10.6. The van der Waals surface area contributed by atoms with Crippen molar-refractivity contribution in [2.45, 2.75) is 40.5 Å². The van der Waals surface area contributed by atoms with Crippen molar-refractivity contribution >= 4 is 11.8 Å². The van der Waals surface area contributed by atoms with Crippen LogP contribution in [0.3, 0.4) is 0 Å². The summed E-state index contributed by atoms with van der Waals surface area (Å²) in [7, 11) is 0. The van der Waals surface area contributed by atoms with Gasteiger partial charge in [0.25, 0.3) is 0 Å². The minimum atomic E-state index is -0.435. The molecular weight excluding hydrogens is 228 g/mol. The van der Waals surface area contributed by atoms with Crippen LogP contribution in [0, 0.1) is 0 Å². The molecule has 0 spiro atoms. The molecule has 0 aromatic rings. The number of amides is 2. The van der Waals surface area contributed by atoms with Gasteiger partial charge in [0.05, 0.1) is 0 Å². The largest absolute Gasteiger partial charge is 0.366 e. The fraction of sp³-hybridized carbons (Fsp3) is 0.571. The summed E-state index contributed by atoms with van der Waals surface area (Å²) in [6.07, 6.45) is 2.03. The summed E-state index contributed by atoms with van der Waals surface area (Å²) in [5.41, 5.74) is 5.73. The summed E-state index contributed by atoms with van der Waals surface area (Å²) in [5, 5.41) is 0. The van der Waals surface area contributed by atoms with Crippen LogP contribution in [0.1, 0.15) is 40.5 Å². The van der Waals surface area contributed by atoms with E-state index < -0.39 is 5.91 Å². The zero-order chi connectivity index (χ0) is 14.7. The predicted molar refractivity (Wildman–Crippen MR) is 76.0 cm³/mol. The highest BCUT2D eigenvalue weighted by atomic mass is 16.2. The molecule has 0 atom stereocenters. The highest BCUT2D eigenvalue weighted by molar-refractivity contribution is 5.92. The summed E-state index contributed by atoms with van der Waals surface area (Å²) >= 11 is 0. The fourth-order valence-electron chi connectivity index (χ4n) is 1.12. The van der Waals surface area contributed by atoms with Gasteiger partial charge < -0.3 is 10.6 Å². The Kier molecular flexibility index (Phi) is 11.0. The van der Waals surface area contributed by atoms with Crippen LogP contribution in [0.2, 0.25) is 0 Å². The maximum absolute atomic E-state index is 11.4. The van der Waals surface area contributed by atoms with Gasteiger partial charge in [0.2, 0.25) is 11.8 Å². The van der Waals surface area contributed by atoms with Gasteiger partial charge in [-0.25, -0.2) is 0 Å². The smallest absolute Gasteiger partial charge is 0.248 e. The maximum atomic E-state index is 11.4. The monoisotopic (exact) mass is 254 g/mol. The molecule has 0 aromatic carbocycles. The third-order valence-corrected chi connectivity index (χ3v) is 2.06. The minimum Gasteiger partial charge on any atom is -0.366 e. The van der Waals surface area contributed by atoms with Crippen molar-refractivity contribution in [3.63, 3.8) is 0 Å². The molecule has 2 N–H and O–H groups in total. The SMILES string of the molecule is C=C(C)C(=O)N(CCC)CCC.C=C(C)C(N)=O. The van der Waals surface area contributed by atoms with Crippen molar-refractivity contribution in [3.05, 3.63) is 24.3 Å². The van der Waals surface area contributed by atoms with E-state index in [1.807, 2.05) is 4.90 Å². The van der Waals surface area contributed by atoms with E-state index in [-0.39, 0.29) is 5.91 Å². The summed E-state index contributed by atoms with van der Waals surface area (Å²) in [4.78, 5) is 23.1. The number of hydrogen-bond donors (Lipinski definition) is 1. The number of carbonyl (C=O) groups excluding carboxylic acids is 2. The Hall–Kier alpha value is -1.58. The minimum absolute atomic E-state index is 0.0960. The second-order valence-electron chi connectivity index (χ2n) is 4.22. The number of carbonyl (C=O) groups is 2. The van der Waals surface area contributed by atoms with Crippen LogP contribution in [0.15, 0.2) is 24.3 Å². The second-order valence-corrected chi connectivity index (χ2v) is 4.22. The molecule has 0 bridgehead atoms. The molecule has 18 heavy (non-hydrogen) atoms. The van der Waals surface area contributed by atoms with Crippen molar-refractivity contribution in [1.82, 2.24) is 4.90 Å². The van der Waals surface area contributed by atoms with Crippen LogP contribution < -0.4 is 5.73 Å². The van der Waals surface area contributed by atoms with Gasteiger partial charge >= 0.3 is 0 Å². The number of hydrogen-bond acceptors (Lipinski definition) is 2. The van der Waals surface area contributed by atoms with Crippen LogP contribution in [0.4, 0.5) is 0 Å². The summed E-state index contributed by atoms with van der Waals surface area (Å²) in [6, 6.07) is 0. The average molecular weight is 254 g/mol. The third kappa shape index (κ3) is 9.63. The lowest BCUT2D eigenvalue weighted by Gasteiger charge is -2.21. The molecular formula is C14H26N2O2. The molecule has 0 aliphatic carbocycles. The molecule has 0 rings (SSSR count). The van der Waals surface area contributed by atoms with E-state index in [0.717, 1.165) is 25.9 Å². The van der Waals surface area contributed by atoms with Crippen molar-refractivity contribution in [1.29, 1.82) is 0 Å². The standard InChI is InChI=1S/C10H19NO.C4H7NO/c1-5-7-11(8-6-2)10(12)9(3)4;1-3(2)4(5)6/h3,5-8H2,1-2,4H3;1H2,2H3,(H2,5,6). The molecule has 0 aliphatic heterocycles. The molecule has 104 valence electrons. The fourth-order valence-corrected chi connectivity index (χ4v) is 1.12. The van der Waals surface area contributed by atoms with Gasteiger partial charge in [-0.05, 0) is 26.7 Å². The Morgan fingerprint density at radius 1 is 1.00 bits per heavy atom. The first-order valence-corrected chi connectivity index (χ1v) is 6.17. The van der Waals surface area contributed by atoms with Gasteiger partial charge in [0.15, 0.2) is 0 Å². The van der Waals surface area contributed by atoms with Crippen LogP contribution >= 0.6 is 0 Å². The van der Waals surface area contributed by atoms with E-state index >= 15 is 0 Å². The van der Waals surface area contributed by atoms with Gasteiger partial charge in [0, 0.05) is 24.2 Å². The van der Waals surface area contributed by atoms with Crippen LogP contribution in [-0.4, -0.2) is 29.8 Å². The van der Waals surface area contributed by atoms with Gasteiger partial charge in [-0.15, -0.1) is 0 Å². The first-order chi connectivity index (χ1) is 8.27. The van der Waals surface area contributed by atoms with Crippen molar-refractivity contribution in [2.24, 2.45) is 5.73 Å². The van der Waals surface area contributed by atoms with E-state index in [1.165, 1.54) is 0 Å². The zero-order valence-electron chi connectivity index (χ0n) is 12.1. The predicted octanol–water partition coefficient (Wildman–Crippen LogP) is 2.26. The van der Waals surface area contributed by atoms with Crippen molar-refractivity contribution < 1.29 is 9.59 Å². The Labute approximate surface area is 111 Å². The number of nitrogens with zero attached hydrogens (tertiary/aromatic N) is 1. The van der Waals surface area contributed by atoms with E-state index in [2.05, 4.69) is 27.0 Å². The van der Waals surface area contributed by atoms with E-state index in [4.69, 9.17) is 5.73 Å². The molecule has 0 fully saturated rings. The molecule has 4 heteroatoms. The summed E-state index contributed by atoms with van der Waals surface area (Å²) in [5.74, 6) is -0.339. The van der Waals surface area contributed by atoms with Crippen LogP contribution in [0.25, 0.3) is 0 Å². The van der Waals surface area contributed by atoms with Gasteiger partial charge in [-0.1, -0.05) is 27.0 Å². The Morgan fingerprint density at radius 3 is 1.50 bits per heavy atom. The Balaban J connectivity index is 0. The average Bonchev–Trinajstić information content (AvgIpc) is 2.28. The molecule has 0 unspecified atom stereocenters. The topological polar surface area (TPSA) is 63.4 Å². The lowest BCUT2D eigenvalue weighted by atomic mass is 10.2. The Bertz CT molecular complexity index is 291. The lowest BCUT2D eigenvalue weighted by Crippen LogP contribution is -2.32. The number of rotatable bonds is 6. The van der Waals surface area contributed by atoms with Gasteiger partial charge in [0.1, 0.15) is 0 Å². The van der Waals surface area contributed by atoms with Gasteiger partial charge in [-0.2, -0.15) is 0 Å². The quantitative estimate of drug-likeness (QED) is 0.739. The molecule has 0 aromatic heterocycles. The molecule has 0 aliphatic rings. The summed E-state index contributed by atoms with van der Waals surface area (Å²) in [6.45, 7) is 16.1. The normalized spacial score (nSPS) is 8.89. The lowest BCUT2D eigenvalue weighted by molar-refractivity contribution is -0.127. The number of primary amides is 1. The molecule has 0 radical (unpaired) electrons.